The Hall–Kier alpha value is -3.99. The number of aromatic nitrogens is 3. The summed E-state index contributed by atoms with van der Waals surface area (Å²) in [7, 11) is 1.80. The number of carbonyl (C=O) groups is 1. The predicted molar refractivity (Wildman–Crippen MR) is 117 cm³/mol. The first-order valence-electron chi connectivity index (χ1n) is 10.2. The van der Waals surface area contributed by atoms with E-state index in [0.717, 1.165) is 34.7 Å². The second-order valence-corrected chi connectivity index (χ2v) is 7.63. The summed E-state index contributed by atoms with van der Waals surface area (Å²) < 4.78 is 6.02. The minimum Gasteiger partial charge on any atom is -0.436 e. The van der Waals surface area contributed by atoms with E-state index < -0.39 is 0 Å². The van der Waals surface area contributed by atoms with Crippen molar-refractivity contribution in [2.75, 3.05) is 17.7 Å². The molecule has 0 spiro atoms. The molecule has 8 nitrogen and oxygen atoms in total. The van der Waals surface area contributed by atoms with Crippen LogP contribution in [0, 0.1) is 17.2 Å². The monoisotopic (exact) mass is 412 g/mol. The number of oxazole rings is 1. The van der Waals surface area contributed by atoms with Crippen LogP contribution >= 0.6 is 0 Å². The predicted octanol–water partition coefficient (Wildman–Crippen LogP) is 4.28. The van der Waals surface area contributed by atoms with Gasteiger partial charge in [-0.2, -0.15) is 5.26 Å². The number of hydrogen-bond acceptors (Lipinski definition) is 7. The maximum Gasteiger partial charge on any atom is 0.229 e. The Morgan fingerprint density at radius 3 is 2.87 bits per heavy atom. The number of anilines is 2. The molecule has 0 radical (unpaired) electrons. The van der Waals surface area contributed by atoms with Gasteiger partial charge in [-0.1, -0.05) is 6.07 Å². The van der Waals surface area contributed by atoms with E-state index in [1.165, 1.54) is 0 Å². The minimum absolute atomic E-state index is 0.00283. The highest BCUT2D eigenvalue weighted by Crippen LogP contribution is 2.35. The van der Waals surface area contributed by atoms with Gasteiger partial charge in [-0.15, -0.1) is 0 Å². The van der Waals surface area contributed by atoms with Crippen molar-refractivity contribution in [1.29, 1.82) is 5.26 Å². The molecule has 5 rings (SSSR count). The molecule has 31 heavy (non-hydrogen) atoms. The van der Waals surface area contributed by atoms with Gasteiger partial charge in [0.25, 0.3) is 0 Å². The summed E-state index contributed by atoms with van der Waals surface area (Å²) in [6.45, 7) is 0. The summed E-state index contributed by atoms with van der Waals surface area (Å²) in [4.78, 5) is 25.7. The number of hydrogen-bond donors (Lipinski definition) is 2. The highest BCUT2D eigenvalue weighted by atomic mass is 16.3. The number of amides is 1. The molecule has 3 heterocycles. The van der Waals surface area contributed by atoms with Gasteiger partial charge in [0.2, 0.25) is 11.8 Å². The third kappa shape index (κ3) is 3.66. The van der Waals surface area contributed by atoms with Crippen molar-refractivity contribution >= 4 is 39.4 Å². The maximum atomic E-state index is 12.2. The standard InChI is InChI=1S/C23H20N6O2/c1-25-21-16-11-26-20(29-22(30)14-5-6-14)10-15(16)17(12-27-21)23-28-18-9-13(3-2-8-24)4-7-19(18)31-23/h4,7,9-12,14H,2-3,5-6H2,1H3,(H,25,27)(H,26,29,30). The first-order chi connectivity index (χ1) is 15.2. The van der Waals surface area contributed by atoms with Crippen LogP contribution in [0.2, 0.25) is 0 Å². The number of rotatable bonds is 6. The molecule has 8 heteroatoms. The zero-order valence-corrected chi connectivity index (χ0v) is 17.0. The van der Waals surface area contributed by atoms with Gasteiger partial charge < -0.3 is 15.1 Å². The lowest BCUT2D eigenvalue weighted by atomic mass is 10.1. The maximum absolute atomic E-state index is 12.2. The molecule has 0 aliphatic heterocycles. The molecule has 0 unspecified atom stereocenters. The second kappa shape index (κ2) is 7.69. The topological polar surface area (TPSA) is 117 Å². The normalized spacial score (nSPS) is 13.3. The van der Waals surface area contributed by atoms with E-state index >= 15 is 0 Å². The summed E-state index contributed by atoms with van der Waals surface area (Å²) in [6.07, 6.45) is 6.39. The molecular formula is C23H20N6O2. The Kier molecular flexibility index (Phi) is 4.71. The molecule has 1 fully saturated rings. The van der Waals surface area contributed by atoms with Crippen molar-refractivity contribution in [3.63, 3.8) is 0 Å². The van der Waals surface area contributed by atoms with Gasteiger partial charge in [0, 0.05) is 42.6 Å². The summed E-state index contributed by atoms with van der Waals surface area (Å²) in [5, 5.41) is 16.4. The first-order valence-corrected chi connectivity index (χ1v) is 10.2. The molecule has 1 aliphatic rings. The fourth-order valence-corrected chi connectivity index (χ4v) is 3.59. The van der Waals surface area contributed by atoms with Crippen LogP contribution in [0.15, 0.2) is 41.1 Å². The van der Waals surface area contributed by atoms with Gasteiger partial charge in [0.05, 0.1) is 11.6 Å². The van der Waals surface area contributed by atoms with Crippen LogP contribution in [0.25, 0.3) is 33.3 Å². The van der Waals surface area contributed by atoms with Crippen LogP contribution < -0.4 is 10.6 Å². The van der Waals surface area contributed by atoms with Crippen molar-refractivity contribution in [2.24, 2.45) is 5.92 Å². The summed E-state index contributed by atoms with van der Waals surface area (Å²) >= 11 is 0. The third-order valence-corrected chi connectivity index (χ3v) is 5.42. The lowest BCUT2D eigenvalue weighted by Gasteiger charge is -2.10. The number of pyridine rings is 2. The number of nitrogens with one attached hydrogen (secondary N) is 2. The zero-order valence-electron chi connectivity index (χ0n) is 17.0. The molecular weight excluding hydrogens is 392 g/mol. The number of benzene rings is 1. The van der Waals surface area contributed by atoms with E-state index in [4.69, 9.17) is 9.68 Å². The van der Waals surface area contributed by atoms with Gasteiger partial charge in [-0.05, 0) is 43.0 Å². The Morgan fingerprint density at radius 2 is 2.10 bits per heavy atom. The van der Waals surface area contributed by atoms with E-state index in [1.54, 1.807) is 19.4 Å². The Balaban J connectivity index is 1.59. The van der Waals surface area contributed by atoms with Gasteiger partial charge in [-0.3, -0.25) is 4.79 Å². The number of nitrogens with zero attached hydrogens (tertiary/aromatic N) is 4. The van der Waals surface area contributed by atoms with Crippen LogP contribution in [0.3, 0.4) is 0 Å². The fourth-order valence-electron chi connectivity index (χ4n) is 3.59. The molecule has 2 N–H and O–H groups in total. The van der Waals surface area contributed by atoms with E-state index in [0.29, 0.717) is 41.5 Å². The first kappa shape index (κ1) is 19.0. The van der Waals surface area contributed by atoms with E-state index in [1.807, 2.05) is 24.3 Å². The van der Waals surface area contributed by atoms with E-state index in [9.17, 15) is 4.79 Å². The van der Waals surface area contributed by atoms with Crippen LogP contribution in [-0.4, -0.2) is 27.9 Å². The number of carbonyl (C=O) groups excluding carboxylic acids is 1. The lowest BCUT2D eigenvalue weighted by Crippen LogP contribution is -2.14. The zero-order chi connectivity index (χ0) is 21.4. The van der Waals surface area contributed by atoms with Gasteiger partial charge in [-0.25, -0.2) is 15.0 Å². The smallest absolute Gasteiger partial charge is 0.229 e. The molecule has 0 saturated heterocycles. The van der Waals surface area contributed by atoms with Crippen LogP contribution in [0.4, 0.5) is 11.6 Å². The average Bonchev–Trinajstić information content (AvgIpc) is 3.56. The molecule has 3 aromatic heterocycles. The van der Waals surface area contributed by atoms with E-state index in [-0.39, 0.29) is 11.8 Å². The molecule has 0 bridgehead atoms. The van der Waals surface area contributed by atoms with Crippen LogP contribution in [0.5, 0.6) is 0 Å². The Labute approximate surface area is 178 Å². The van der Waals surface area contributed by atoms with Crippen LogP contribution in [0.1, 0.15) is 24.8 Å². The number of nitriles is 1. The van der Waals surface area contributed by atoms with Crippen LogP contribution in [-0.2, 0) is 11.2 Å². The Morgan fingerprint density at radius 1 is 1.23 bits per heavy atom. The second-order valence-electron chi connectivity index (χ2n) is 7.63. The summed E-state index contributed by atoms with van der Waals surface area (Å²) in [5.74, 6) is 1.71. The average molecular weight is 412 g/mol. The van der Waals surface area contributed by atoms with Crippen molar-refractivity contribution in [3.8, 4) is 17.5 Å². The minimum atomic E-state index is 0.00283. The van der Waals surface area contributed by atoms with Crippen molar-refractivity contribution < 1.29 is 9.21 Å². The van der Waals surface area contributed by atoms with Crippen molar-refractivity contribution in [1.82, 2.24) is 15.0 Å². The molecule has 1 aromatic carbocycles. The number of aryl methyl sites for hydroxylation is 1. The van der Waals surface area contributed by atoms with Crippen molar-refractivity contribution in [3.05, 3.63) is 42.2 Å². The third-order valence-electron chi connectivity index (χ3n) is 5.42. The largest absolute Gasteiger partial charge is 0.436 e. The molecule has 1 amide bonds. The molecule has 1 aliphatic carbocycles. The van der Waals surface area contributed by atoms with Gasteiger partial charge in [0.1, 0.15) is 17.2 Å². The quantitative estimate of drug-likeness (QED) is 0.485. The molecule has 0 atom stereocenters. The molecule has 154 valence electrons. The SMILES string of the molecule is CNc1ncc(-c2nc3cc(CCC#N)ccc3o2)c2cc(NC(=O)C3CC3)ncc12. The number of fused-ring (bicyclic) bond motifs is 2. The highest BCUT2D eigenvalue weighted by Gasteiger charge is 2.30. The molecule has 4 aromatic rings. The highest BCUT2D eigenvalue weighted by molar-refractivity contribution is 6.03. The lowest BCUT2D eigenvalue weighted by molar-refractivity contribution is -0.117. The summed E-state index contributed by atoms with van der Waals surface area (Å²) in [6, 6.07) is 9.76. The van der Waals surface area contributed by atoms with Gasteiger partial charge in [0.15, 0.2) is 5.58 Å². The Bertz CT molecular complexity index is 1350. The van der Waals surface area contributed by atoms with Gasteiger partial charge >= 0.3 is 0 Å². The molecule has 1 saturated carbocycles. The van der Waals surface area contributed by atoms with Crippen molar-refractivity contribution in [2.45, 2.75) is 25.7 Å². The fraction of sp³-hybridized carbons (Fsp3) is 0.261. The van der Waals surface area contributed by atoms with E-state index in [2.05, 4.69) is 31.7 Å². The summed E-state index contributed by atoms with van der Waals surface area (Å²) in [5.41, 5.74) is 3.15.